The average molecular weight is 186 g/mol. The summed E-state index contributed by atoms with van der Waals surface area (Å²) in [6, 6.07) is 0. The van der Waals surface area contributed by atoms with Gasteiger partial charge in [-0.2, -0.15) is 0 Å². The van der Waals surface area contributed by atoms with Crippen molar-refractivity contribution in [3.05, 3.63) is 0 Å². The maximum Gasteiger partial charge on any atom is 0.305 e. The molecule has 0 unspecified atom stereocenters. The number of unbranched alkanes of at least 4 members (excludes halogenated alkanes) is 2. The minimum Gasteiger partial charge on any atom is -0.466 e. The largest absolute Gasteiger partial charge is 0.466 e. The quantitative estimate of drug-likeness (QED) is 0.451. The van der Waals surface area contributed by atoms with Gasteiger partial charge in [0.2, 0.25) is 0 Å². The first kappa shape index (κ1) is 12.5. The lowest BCUT2D eigenvalue weighted by molar-refractivity contribution is -0.144. The first-order chi connectivity index (χ1) is 6.16. The minimum atomic E-state index is -0.0332. The second kappa shape index (κ2) is 8.09. The molecule has 0 aliphatic heterocycles. The lowest BCUT2D eigenvalue weighted by Gasteiger charge is -2.06. The Hall–Kier alpha value is -0.530. The van der Waals surface area contributed by atoms with Crippen LogP contribution >= 0.6 is 0 Å². The molecule has 0 atom stereocenters. The number of carbonyl (C=O) groups is 1. The van der Waals surface area contributed by atoms with Gasteiger partial charge in [0, 0.05) is 6.42 Å². The molecule has 0 aromatic carbocycles. The van der Waals surface area contributed by atoms with Crippen molar-refractivity contribution >= 4 is 5.97 Å². The second-order valence-corrected chi connectivity index (χ2v) is 3.86. The maximum atomic E-state index is 11.1. The highest BCUT2D eigenvalue weighted by Crippen LogP contribution is 2.03. The highest BCUT2D eigenvalue weighted by molar-refractivity contribution is 5.69. The molecule has 0 aliphatic carbocycles. The molecule has 0 saturated heterocycles. The van der Waals surface area contributed by atoms with Gasteiger partial charge in [-0.3, -0.25) is 4.79 Å². The molecule has 0 saturated carbocycles. The van der Waals surface area contributed by atoms with Crippen molar-refractivity contribution in [2.24, 2.45) is 5.92 Å². The van der Waals surface area contributed by atoms with Crippen LogP contribution in [0.4, 0.5) is 0 Å². The molecule has 2 heteroatoms. The predicted octanol–water partition coefficient (Wildman–Crippen LogP) is 3.16. The molecule has 0 fully saturated rings. The van der Waals surface area contributed by atoms with Gasteiger partial charge in [0.25, 0.3) is 0 Å². The van der Waals surface area contributed by atoms with Crippen LogP contribution in [-0.4, -0.2) is 12.6 Å². The van der Waals surface area contributed by atoms with E-state index in [2.05, 4.69) is 20.8 Å². The van der Waals surface area contributed by atoms with E-state index in [0.717, 1.165) is 25.7 Å². The summed E-state index contributed by atoms with van der Waals surface area (Å²) in [5.74, 6) is 0.581. The van der Waals surface area contributed by atoms with Crippen LogP contribution < -0.4 is 0 Å². The molecule has 0 aliphatic rings. The van der Waals surface area contributed by atoms with Crippen LogP contribution in [0.1, 0.15) is 52.9 Å². The first-order valence-electron chi connectivity index (χ1n) is 5.32. The van der Waals surface area contributed by atoms with E-state index in [0.29, 0.717) is 18.9 Å². The molecule has 78 valence electrons. The number of ether oxygens (including phenoxy) is 1. The Morgan fingerprint density at radius 3 is 2.54 bits per heavy atom. The average Bonchev–Trinajstić information content (AvgIpc) is 2.04. The van der Waals surface area contributed by atoms with Crippen molar-refractivity contribution in [3.63, 3.8) is 0 Å². The van der Waals surface area contributed by atoms with E-state index >= 15 is 0 Å². The Labute approximate surface area is 81.7 Å². The maximum absolute atomic E-state index is 11.1. The zero-order chi connectivity index (χ0) is 10.1. The molecule has 0 aromatic rings. The fraction of sp³-hybridized carbons (Fsp3) is 0.909. The third-order valence-corrected chi connectivity index (χ3v) is 1.94. The molecule has 0 rings (SSSR count). The molecule has 0 heterocycles. The number of carbonyl (C=O) groups excluding carboxylic acids is 1. The molecule has 0 bridgehead atoms. The van der Waals surface area contributed by atoms with Gasteiger partial charge < -0.3 is 4.74 Å². The second-order valence-electron chi connectivity index (χ2n) is 3.86. The van der Waals surface area contributed by atoms with Crippen LogP contribution in [0, 0.1) is 5.92 Å². The zero-order valence-electron chi connectivity index (χ0n) is 9.14. The number of rotatable bonds is 7. The summed E-state index contributed by atoms with van der Waals surface area (Å²) < 4.78 is 5.06. The molecular weight excluding hydrogens is 164 g/mol. The van der Waals surface area contributed by atoms with Gasteiger partial charge >= 0.3 is 5.97 Å². The van der Waals surface area contributed by atoms with Gasteiger partial charge in [-0.15, -0.1) is 0 Å². The fourth-order valence-electron chi connectivity index (χ4n) is 1.000. The molecule has 2 nitrogen and oxygen atoms in total. The Bertz CT molecular complexity index is 130. The van der Waals surface area contributed by atoms with E-state index in [1.54, 1.807) is 0 Å². The minimum absolute atomic E-state index is 0.0332. The standard InChI is InChI=1S/C11H22O2/c1-4-5-6-7-11(12)13-9-8-10(2)3/h10H,4-9H2,1-3H3. The molecule has 0 aromatic heterocycles. The third-order valence-electron chi connectivity index (χ3n) is 1.94. The summed E-state index contributed by atoms with van der Waals surface area (Å²) in [5.41, 5.74) is 0. The Balaban J connectivity index is 3.20. The van der Waals surface area contributed by atoms with Crippen LogP contribution in [0.3, 0.4) is 0 Å². The van der Waals surface area contributed by atoms with Crippen LogP contribution in [0.15, 0.2) is 0 Å². The summed E-state index contributed by atoms with van der Waals surface area (Å²) in [7, 11) is 0. The summed E-state index contributed by atoms with van der Waals surface area (Å²) in [6.45, 7) is 6.97. The SMILES string of the molecule is CCCCCC(=O)OCCC(C)C. The molecule has 0 radical (unpaired) electrons. The van der Waals surface area contributed by atoms with Gasteiger partial charge in [-0.25, -0.2) is 0 Å². The van der Waals surface area contributed by atoms with Crippen molar-refractivity contribution in [1.82, 2.24) is 0 Å². The van der Waals surface area contributed by atoms with Crippen molar-refractivity contribution in [1.29, 1.82) is 0 Å². The molecular formula is C11H22O2. The normalized spacial score (nSPS) is 10.5. The van der Waals surface area contributed by atoms with E-state index in [4.69, 9.17) is 4.74 Å². The Morgan fingerprint density at radius 2 is 2.00 bits per heavy atom. The number of esters is 1. The lowest BCUT2D eigenvalue weighted by Crippen LogP contribution is -2.07. The van der Waals surface area contributed by atoms with Crippen LogP contribution in [0.25, 0.3) is 0 Å². The first-order valence-corrected chi connectivity index (χ1v) is 5.32. The van der Waals surface area contributed by atoms with Crippen LogP contribution in [0.2, 0.25) is 0 Å². The third kappa shape index (κ3) is 9.38. The van der Waals surface area contributed by atoms with Crippen LogP contribution in [-0.2, 0) is 9.53 Å². The lowest BCUT2D eigenvalue weighted by atomic mass is 10.1. The number of hydrogen-bond acceptors (Lipinski definition) is 2. The van der Waals surface area contributed by atoms with Gasteiger partial charge in [0.05, 0.1) is 6.61 Å². The summed E-state index contributed by atoms with van der Waals surface area (Å²) in [5, 5.41) is 0. The van der Waals surface area contributed by atoms with E-state index in [9.17, 15) is 4.79 Å². The summed E-state index contributed by atoms with van der Waals surface area (Å²) in [4.78, 5) is 11.1. The van der Waals surface area contributed by atoms with Gasteiger partial charge in [0.1, 0.15) is 0 Å². The molecule has 0 amide bonds. The molecule has 0 spiro atoms. The zero-order valence-corrected chi connectivity index (χ0v) is 9.14. The highest BCUT2D eigenvalue weighted by Gasteiger charge is 2.02. The fourth-order valence-corrected chi connectivity index (χ4v) is 1.000. The van der Waals surface area contributed by atoms with E-state index < -0.39 is 0 Å². The van der Waals surface area contributed by atoms with E-state index in [1.807, 2.05) is 0 Å². The summed E-state index contributed by atoms with van der Waals surface area (Å²) in [6.07, 6.45) is 4.81. The van der Waals surface area contributed by atoms with Crippen molar-refractivity contribution in [2.75, 3.05) is 6.61 Å². The van der Waals surface area contributed by atoms with Gasteiger partial charge in [0.15, 0.2) is 0 Å². The predicted molar refractivity (Wildman–Crippen MR) is 54.6 cm³/mol. The van der Waals surface area contributed by atoms with Gasteiger partial charge in [-0.1, -0.05) is 33.6 Å². The smallest absolute Gasteiger partial charge is 0.305 e. The van der Waals surface area contributed by atoms with Gasteiger partial charge in [-0.05, 0) is 18.8 Å². The van der Waals surface area contributed by atoms with Crippen molar-refractivity contribution in [2.45, 2.75) is 52.9 Å². The monoisotopic (exact) mass is 186 g/mol. The topological polar surface area (TPSA) is 26.3 Å². The van der Waals surface area contributed by atoms with Crippen molar-refractivity contribution in [3.8, 4) is 0 Å². The summed E-state index contributed by atoms with van der Waals surface area (Å²) >= 11 is 0. The Morgan fingerprint density at radius 1 is 1.31 bits per heavy atom. The molecule has 13 heavy (non-hydrogen) atoms. The Kier molecular flexibility index (Phi) is 7.76. The van der Waals surface area contributed by atoms with Crippen LogP contribution in [0.5, 0.6) is 0 Å². The number of hydrogen-bond donors (Lipinski definition) is 0. The van der Waals surface area contributed by atoms with E-state index in [1.165, 1.54) is 0 Å². The highest BCUT2D eigenvalue weighted by atomic mass is 16.5. The van der Waals surface area contributed by atoms with Crippen molar-refractivity contribution < 1.29 is 9.53 Å². The van der Waals surface area contributed by atoms with E-state index in [-0.39, 0.29) is 5.97 Å². The molecule has 0 N–H and O–H groups in total.